The molecule has 1 aromatic carbocycles. The standard InChI is InChI=1S/C13H10N2O4S/c1-6-10-8-5-7(15(18)19)3-4-9(8)14(2)12(10)20-11(6)13(16)17/h3-5H,1-2H3,(H,16,17). The smallest absolute Gasteiger partial charge is 0.346 e. The second-order valence-corrected chi connectivity index (χ2v) is 5.56. The van der Waals surface area contributed by atoms with Gasteiger partial charge in [-0.2, -0.15) is 0 Å². The number of nitro benzene ring substituents is 1. The molecule has 0 aliphatic rings. The first kappa shape index (κ1) is 12.6. The van der Waals surface area contributed by atoms with Crippen LogP contribution in [0.1, 0.15) is 15.2 Å². The van der Waals surface area contributed by atoms with Gasteiger partial charge in [0.15, 0.2) is 0 Å². The number of nitrogens with zero attached hydrogens (tertiary/aromatic N) is 2. The highest BCUT2D eigenvalue weighted by Gasteiger charge is 2.21. The van der Waals surface area contributed by atoms with E-state index < -0.39 is 10.9 Å². The Morgan fingerprint density at radius 1 is 1.45 bits per heavy atom. The Hall–Kier alpha value is -2.41. The van der Waals surface area contributed by atoms with Crippen molar-refractivity contribution in [3.63, 3.8) is 0 Å². The molecule has 0 saturated carbocycles. The molecule has 0 saturated heterocycles. The molecular weight excluding hydrogens is 280 g/mol. The Kier molecular flexibility index (Phi) is 2.55. The molecule has 0 spiro atoms. The SMILES string of the molecule is Cc1c(C(=O)O)sc2c1c1cc([N+](=O)[O-])ccc1n2C. The van der Waals surface area contributed by atoms with Crippen LogP contribution in [0.5, 0.6) is 0 Å². The summed E-state index contributed by atoms with van der Waals surface area (Å²) in [5.41, 5.74) is 1.52. The predicted molar refractivity (Wildman–Crippen MR) is 76.7 cm³/mol. The fraction of sp³-hybridized carbons (Fsp3) is 0.154. The quantitative estimate of drug-likeness (QED) is 0.579. The number of benzene rings is 1. The van der Waals surface area contributed by atoms with Gasteiger partial charge < -0.3 is 9.67 Å². The maximum absolute atomic E-state index is 11.2. The van der Waals surface area contributed by atoms with Gasteiger partial charge in [-0.25, -0.2) is 4.79 Å². The molecule has 0 aliphatic carbocycles. The minimum atomic E-state index is -0.970. The van der Waals surface area contributed by atoms with Gasteiger partial charge >= 0.3 is 5.97 Å². The van der Waals surface area contributed by atoms with Gasteiger partial charge in [0.1, 0.15) is 9.71 Å². The van der Waals surface area contributed by atoms with Crippen LogP contribution in [0.2, 0.25) is 0 Å². The lowest BCUT2D eigenvalue weighted by molar-refractivity contribution is -0.384. The van der Waals surface area contributed by atoms with E-state index in [4.69, 9.17) is 0 Å². The van der Waals surface area contributed by atoms with Gasteiger partial charge in [0, 0.05) is 35.5 Å². The van der Waals surface area contributed by atoms with Crippen LogP contribution in [0.4, 0.5) is 5.69 Å². The van der Waals surface area contributed by atoms with Gasteiger partial charge in [0.2, 0.25) is 0 Å². The van der Waals surface area contributed by atoms with Gasteiger partial charge in [-0.15, -0.1) is 11.3 Å². The number of carbonyl (C=O) groups is 1. The second kappa shape index (κ2) is 4.04. The molecule has 0 bridgehead atoms. The lowest BCUT2D eigenvalue weighted by Crippen LogP contribution is -1.94. The molecule has 3 rings (SSSR count). The number of non-ortho nitro benzene ring substituents is 1. The molecule has 7 heteroatoms. The number of aromatic carboxylic acids is 1. The van der Waals surface area contributed by atoms with Crippen LogP contribution in [0.15, 0.2) is 18.2 Å². The molecule has 6 nitrogen and oxygen atoms in total. The summed E-state index contributed by atoms with van der Waals surface area (Å²) < 4.78 is 1.87. The summed E-state index contributed by atoms with van der Waals surface area (Å²) in [4.78, 5) is 22.7. The Morgan fingerprint density at radius 3 is 2.75 bits per heavy atom. The molecule has 20 heavy (non-hydrogen) atoms. The number of fused-ring (bicyclic) bond motifs is 3. The van der Waals surface area contributed by atoms with Crippen LogP contribution >= 0.6 is 11.3 Å². The number of nitro groups is 1. The minimum absolute atomic E-state index is 0.00692. The molecule has 3 aromatic rings. The van der Waals surface area contributed by atoms with Crippen molar-refractivity contribution < 1.29 is 14.8 Å². The molecule has 0 amide bonds. The number of carboxylic acid groups (broad SMARTS) is 1. The molecule has 0 fully saturated rings. The van der Waals surface area contributed by atoms with Crippen molar-refractivity contribution in [1.29, 1.82) is 0 Å². The van der Waals surface area contributed by atoms with Crippen molar-refractivity contribution in [1.82, 2.24) is 4.57 Å². The van der Waals surface area contributed by atoms with Crippen molar-refractivity contribution in [2.45, 2.75) is 6.92 Å². The highest BCUT2D eigenvalue weighted by molar-refractivity contribution is 7.20. The third kappa shape index (κ3) is 1.53. The molecular formula is C13H10N2O4S. The van der Waals surface area contributed by atoms with Crippen molar-refractivity contribution in [3.8, 4) is 0 Å². The molecule has 0 unspecified atom stereocenters. The van der Waals surface area contributed by atoms with E-state index in [2.05, 4.69) is 0 Å². The van der Waals surface area contributed by atoms with E-state index in [1.54, 1.807) is 13.0 Å². The molecule has 0 radical (unpaired) electrons. The average Bonchev–Trinajstić information content (AvgIpc) is 2.87. The minimum Gasteiger partial charge on any atom is -0.477 e. The van der Waals surface area contributed by atoms with Gasteiger partial charge in [-0.05, 0) is 18.6 Å². The van der Waals surface area contributed by atoms with Crippen molar-refractivity contribution >= 4 is 44.1 Å². The van der Waals surface area contributed by atoms with Gasteiger partial charge in [0.25, 0.3) is 5.69 Å². The number of thiophene rings is 1. The first-order chi connectivity index (χ1) is 9.41. The van der Waals surface area contributed by atoms with Gasteiger partial charge in [-0.1, -0.05) is 0 Å². The number of aromatic nitrogens is 1. The van der Waals surface area contributed by atoms with E-state index in [0.29, 0.717) is 5.56 Å². The van der Waals surface area contributed by atoms with Crippen LogP contribution in [0.25, 0.3) is 21.1 Å². The van der Waals surface area contributed by atoms with E-state index in [9.17, 15) is 20.0 Å². The van der Waals surface area contributed by atoms with Gasteiger partial charge in [-0.3, -0.25) is 10.1 Å². The molecule has 0 atom stereocenters. The van der Waals surface area contributed by atoms with Crippen LogP contribution < -0.4 is 0 Å². The second-order valence-electron chi connectivity index (χ2n) is 4.56. The first-order valence-electron chi connectivity index (χ1n) is 5.81. The topological polar surface area (TPSA) is 85.4 Å². The zero-order valence-electron chi connectivity index (χ0n) is 10.7. The first-order valence-corrected chi connectivity index (χ1v) is 6.62. The molecule has 1 N–H and O–H groups in total. The zero-order valence-corrected chi connectivity index (χ0v) is 11.5. The summed E-state index contributed by atoms with van der Waals surface area (Å²) in [5, 5.41) is 21.6. The largest absolute Gasteiger partial charge is 0.477 e. The van der Waals surface area contributed by atoms with E-state index in [1.165, 1.54) is 23.5 Å². The summed E-state index contributed by atoms with van der Waals surface area (Å²) >= 11 is 1.19. The highest BCUT2D eigenvalue weighted by Crippen LogP contribution is 2.39. The summed E-state index contributed by atoms with van der Waals surface area (Å²) in [5.74, 6) is -0.970. The third-order valence-corrected chi connectivity index (χ3v) is 4.80. The van der Waals surface area contributed by atoms with Crippen molar-refractivity contribution in [3.05, 3.63) is 38.8 Å². The Bertz CT molecular complexity index is 891. The average molecular weight is 290 g/mol. The highest BCUT2D eigenvalue weighted by atomic mass is 32.1. The van der Waals surface area contributed by atoms with Crippen molar-refractivity contribution in [2.75, 3.05) is 0 Å². The van der Waals surface area contributed by atoms with Gasteiger partial charge in [0.05, 0.1) is 4.92 Å². The Balaban J connectivity index is 2.48. The summed E-state index contributed by atoms with van der Waals surface area (Å²) in [6, 6.07) is 4.66. The van der Waals surface area contributed by atoms with E-state index in [1.807, 2.05) is 11.6 Å². The van der Waals surface area contributed by atoms with E-state index in [0.717, 1.165) is 21.1 Å². The number of hydrogen-bond acceptors (Lipinski definition) is 4. The number of hydrogen-bond donors (Lipinski definition) is 1. The maximum atomic E-state index is 11.2. The van der Waals surface area contributed by atoms with Crippen LogP contribution in [-0.2, 0) is 7.05 Å². The lowest BCUT2D eigenvalue weighted by Gasteiger charge is -1.98. The zero-order chi connectivity index (χ0) is 14.6. The van der Waals surface area contributed by atoms with Crippen LogP contribution in [0.3, 0.4) is 0 Å². The lowest BCUT2D eigenvalue weighted by atomic mass is 10.1. The summed E-state index contributed by atoms with van der Waals surface area (Å²) in [6.07, 6.45) is 0. The predicted octanol–water partition coefficient (Wildman–Crippen LogP) is 3.31. The fourth-order valence-corrected chi connectivity index (χ4v) is 3.63. The summed E-state index contributed by atoms with van der Waals surface area (Å²) in [6.45, 7) is 1.74. The molecule has 0 aliphatic heterocycles. The number of aryl methyl sites for hydroxylation is 2. The third-order valence-electron chi connectivity index (χ3n) is 3.45. The van der Waals surface area contributed by atoms with Crippen LogP contribution in [-0.4, -0.2) is 20.6 Å². The van der Waals surface area contributed by atoms with Crippen molar-refractivity contribution in [2.24, 2.45) is 7.05 Å². The maximum Gasteiger partial charge on any atom is 0.346 e. The molecule has 2 aromatic heterocycles. The van der Waals surface area contributed by atoms with E-state index >= 15 is 0 Å². The Labute approximate surface area is 117 Å². The monoisotopic (exact) mass is 290 g/mol. The van der Waals surface area contributed by atoms with E-state index in [-0.39, 0.29) is 10.6 Å². The fourth-order valence-electron chi connectivity index (χ4n) is 2.50. The number of rotatable bonds is 2. The molecule has 2 heterocycles. The summed E-state index contributed by atoms with van der Waals surface area (Å²) in [7, 11) is 1.83. The van der Waals surface area contributed by atoms with Crippen LogP contribution in [0, 0.1) is 17.0 Å². The Morgan fingerprint density at radius 2 is 2.15 bits per heavy atom. The molecule has 102 valence electrons. The normalized spacial score (nSPS) is 11.3. The number of carboxylic acids is 1.